The molecule has 1 heterocycles. The standard InChI is InChI=1S/C21H23N3O4/c1-4-27-13-14-28-21-22-19(18-8-6-5-7-15(18)2)24(23-21)20(25)16-9-11-17(26-3)12-10-16/h5-12H,4,13-14H2,1-3H3. The number of aryl methyl sites for hydroxylation is 1. The zero-order valence-corrected chi connectivity index (χ0v) is 16.2. The van der Waals surface area contributed by atoms with Gasteiger partial charge in [0.2, 0.25) is 0 Å². The molecule has 0 aliphatic rings. The molecule has 0 bridgehead atoms. The molecule has 1 aromatic heterocycles. The molecule has 0 unspecified atom stereocenters. The van der Waals surface area contributed by atoms with Crippen LogP contribution in [-0.4, -0.2) is 47.6 Å². The third-order valence-corrected chi connectivity index (χ3v) is 4.17. The average molecular weight is 381 g/mol. The van der Waals surface area contributed by atoms with Crippen LogP contribution in [-0.2, 0) is 4.74 Å². The van der Waals surface area contributed by atoms with Gasteiger partial charge in [-0.3, -0.25) is 4.79 Å². The molecule has 0 radical (unpaired) electrons. The fourth-order valence-corrected chi connectivity index (χ4v) is 2.69. The number of rotatable bonds is 8. The Morgan fingerprint density at radius 1 is 1.07 bits per heavy atom. The Kier molecular flexibility index (Phi) is 6.39. The minimum Gasteiger partial charge on any atom is -0.497 e. The second kappa shape index (κ2) is 9.14. The quantitative estimate of drug-likeness (QED) is 0.557. The van der Waals surface area contributed by atoms with Gasteiger partial charge in [0.25, 0.3) is 5.91 Å². The van der Waals surface area contributed by atoms with Crippen molar-refractivity contribution < 1.29 is 19.0 Å². The number of ether oxygens (including phenoxy) is 3. The number of carbonyl (C=O) groups is 1. The van der Waals surface area contributed by atoms with Crippen LogP contribution in [0, 0.1) is 6.92 Å². The zero-order chi connectivity index (χ0) is 19.9. The third kappa shape index (κ3) is 4.37. The Morgan fingerprint density at radius 2 is 1.82 bits per heavy atom. The topological polar surface area (TPSA) is 75.5 Å². The molecular formula is C21H23N3O4. The van der Waals surface area contributed by atoms with Gasteiger partial charge in [0.15, 0.2) is 5.82 Å². The van der Waals surface area contributed by atoms with Crippen LogP contribution in [0.4, 0.5) is 0 Å². The van der Waals surface area contributed by atoms with Crippen LogP contribution >= 0.6 is 0 Å². The smallest absolute Gasteiger partial charge is 0.336 e. The normalized spacial score (nSPS) is 10.7. The van der Waals surface area contributed by atoms with Crippen LogP contribution in [0.15, 0.2) is 48.5 Å². The van der Waals surface area contributed by atoms with E-state index in [9.17, 15) is 4.79 Å². The molecule has 3 aromatic rings. The van der Waals surface area contributed by atoms with Crippen LogP contribution in [0.25, 0.3) is 11.4 Å². The van der Waals surface area contributed by atoms with Crippen LogP contribution in [0.2, 0.25) is 0 Å². The molecule has 0 aliphatic heterocycles. The predicted octanol–water partition coefficient (Wildman–Crippen LogP) is 3.37. The molecular weight excluding hydrogens is 358 g/mol. The molecule has 7 nitrogen and oxygen atoms in total. The maximum Gasteiger partial charge on any atom is 0.336 e. The summed E-state index contributed by atoms with van der Waals surface area (Å²) in [5, 5.41) is 4.29. The molecule has 0 saturated heterocycles. The summed E-state index contributed by atoms with van der Waals surface area (Å²) in [5.41, 5.74) is 2.28. The van der Waals surface area contributed by atoms with Crippen LogP contribution in [0.5, 0.6) is 11.8 Å². The van der Waals surface area contributed by atoms with Crippen LogP contribution < -0.4 is 9.47 Å². The number of nitrogens with zero attached hydrogens (tertiary/aromatic N) is 3. The number of methoxy groups -OCH3 is 1. The van der Waals surface area contributed by atoms with Gasteiger partial charge in [0.05, 0.1) is 13.7 Å². The predicted molar refractivity (Wildman–Crippen MR) is 105 cm³/mol. The van der Waals surface area contributed by atoms with Crippen molar-refractivity contribution in [1.82, 2.24) is 14.8 Å². The minimum atomic E-state index is -0.298. The molecule has 0 saturated carbocycles. The lowest BCUT2D eigenvalue weighted by Gasteiger charge is -2.07. The van der Waals surface area contributed by atoms with E-state index in [1.54, 1.807) is 31.4 Å². The first-order valence-electron chi connectivity index (χ1n) is 9.06. The summed E-state index contributed by atoms with van der Waals surface area (Å²) in [5.74, 6) is 0.813. The van der Waals surface area contributed by atoms with Gasteiger partial charge in [-0.05, 0) is 43.7 Å². The minimum absolute atomic E-state index is 0.139. The largest absolute Gasteiger partial charge is 0.497 e. The number of hydrogen-bond donors (Lipinski definition) is 0. The highest BCUT2D eigenvalue weighted by atomic mass is 16.5. The third-order valence-electron chi connectivity index (χ3n) is 4.17. The number of hydrogen-bond acceptors (Lipinski definition) is 6. The number of benzene rings is 2. The molecule has 0 aliphatic carbocycles. The fourth-order valence-electron chi connectivity index (χ4n) is 2.69. The van der Waals surface area contributed by atoms with Crippen molar-refractivity contribution in [3.63, 3.8) is 0 Å². The highest BCUT2D eigenvalue weighted by molar-refractivity contribution is 5.97. The van der Waals surface area contributed by atoms with Gasteiger partial charge in [0, 0.05) is 17.7 Å². The monoisotopic (exact) mass is 381 g/mol. The Morgan fingerprint density at radius 3 is 2.50 bits per heavy atom. The fraction of sp³-hybridized carbons (Fsp3) is 0.286. The molecule has 28 heavy (non-hydrogen) atoms. The summed E-state index contributed by atoms with van der Waals surface area (Å²) in [6.07, 6.45) is 0. The van der Waals surface area contributed by atoms with E-state index in [0.717, 1.165) is 11.1 Å². The zero-order valence-electron chi connectivity index (χ0n) is 16.2. The summed E-state index contributed by atoms with van der Waals surface area (Å²) in [6.45, 7) is 5.22. The molecule has 0 fully saturated rings. The lowest BCUT2D eigenvalue weighted by molar-refractivity contribution is 0.0938. The molecule has 0 N–H and O–H groups in total. The second-order valence-corrected chi connectivity index (χ2v) is 6.02. The maximum absolute atomic E-state index is 13.1. The molecule has 146 valence electrons. The first-order valence-corrected chi connectivity index (χ1v) is 9.06. The molecule has 0 spiro atoms. The molecule has 0 atom stereocenters. The maximum atomic E-state index is 13.1. The Balaban J connectivity index is 1.96. The molecule has 2 aromatic carbocycles. The van der Waals surface area contributed by atoms with Gasteiger partial charge < -0.3 is 14.2 Å². The first kappa shape index (κ1) is 19.6. The number of aromatic nitrogens is 3. The van der Waals surface area contributed by atoms with Crippen molar-refractivity contribution in [2.24, 2.45) is 0 Å². The van der Waals surface area contributed by atoms with Crippen molar-refractivity contribution in [3.8, 4) is 23.1 Å². The molecule has 0 amide bonds. The van der Waals surface area contributed by atoms with E-state index in [4.69, 9.17) is 14.2 Å². The van der Waals surface area contributed by atoms with Crippen molar-refractivity contribution in [2.45, 2.75) is 13.8 Å². The summed E-state index contributed by atoms with van der Waals surface area (Å²) >= 11 is 0. The van der Waals surface area contributed by atoms with Gasteiger partial charge in [-0.1, -0.05) is 24.3 Å². The van der Waals surface area contributed by atoms with E-state index in [0.29, 0.717) is 37.0 Å². The summed E-state index contributed by atoms with van der Waals surface area (Å²) in [4.78, 5) is 17.5. The summed E-state index contributed by atoms with van der Waals surface area (Å²) < 4.78 is 17.3. The van der Waals surface area contributed by atoms with Gasteiger partial charge in [-0.25, -0.2) is 0 Å². The lowest BCUT2D eigenvalue weighted by Crippen LogP contribution is -2.15. The van der Waals surface area contributed by atoms with E-state index >= 15 is 0 Å². The van der Waals surface area contributed by atoms with Crippen LogP contribution in [0.1, 0.15) is 22.8 Å². The van der Waals surface area contributed by atoms with Gasteiger partial charge in [0.1, 0.15) is 12.4 Å². The summed E-state index contributed by atoms with van der Waals surface area (Å²) in [6, 6.07) is 14.7. The lowest BCUT2D eigenvalue weighted by atomic mass is 10.1. The van der Waals surface area contributed by atoms with E-state index in [1.165, 1.54) is 4.68 Å². The van der Waals surface area contributed by atoms with Crippen LogP contribution in [0.3, 0.4) is 0 Å². The Labute approximate surface area is 163 Å². The first-order chi connectivity index (χ1) is 13.6. The highest BCUT2D eigenvalue weighted by Gasteiger charge is 2.21. The number of carbonyl (C=O) groups excluding carboxylic acids is 1. The van der Waals surface area contributed by atoms with Gasteiger partial charge in [-0.2, -0.15) is 9.67 Å². The Hall–Kier alpha value is -3.19. The van der Waals surface area contributed by atoms with Gasteiger partial charge >= 0.3 is 6.01 Å². The van der Waals surface area contributed by atoms with E-state index < -0.39 is 0 Å². The van der Waals surface area contributed by atoms with Crippen molar-refractivity contribution >= 4 is 5.91 Å². The second-order valence-electron chi connectivity index (χ2n) is 6.02. The highest BCUT2D eigenvalue weighted by Crippen LogP contribution is 2.24. The SMILES string of the molecule is CCOCCOc1nc(-c2ccccc2C)n(C(=O)c2ccc(OC)cc2)n1. The average Bonchev–Trinajstić information content (AvgIpc) is 3.15. The van der Waals surface area contributed by atoms with Crippen molar-refractivity contribution in [2.75, 3.05) is 26.9 Å². The molecule has 3 rings (SSSR count). The van der Waals surface area contributed by atoms with E-state index in [1.807, 2.05) is 38.1 Å². The van der Waals surface area contributed by atoms with Crippen molar-refractivity contribution in [1.29, 1.82) is 0 Å². The van der Waals surface area contributed by atoms with E-state index in [2.05, 4.69) is 10.1 Å². The molecule has 7 heteroatoms. The van der Waals surface area contributed by atoms with Crippen molar-refractivity contribution in [3.05, 3.63) is 59.7 Å². The van der Waals surface area contributed by atoms with E-state index in [-0.39, 0.29) is 11.9 Å². The Bertz CT molecular complexity index is 935. The summed E-state index contributed by atoms with van der Waals surface area (Å²) in [7, 11) is 1.58. The van der Waals surface area contributed by atoms with Gasteiger partial charge in [-0.15, -0.1) is 5.10 Å².